The zero-order valence-electron chi connectivity index (χ0n) is 17.4. The zero-order valence-corrected chi connectivity index (χ0v) is 19.0. The van der Waals surface area contributed by atoms with Crippen molar-refractivity contribution in [1.82, 2.24) is 19.7 Å². The second-order valence-corrected chi connectivity index (χ2v) is 8.80. The Labute approximate surface area is 191 Å². The Hall–Kier alpha value is -3.20. The van der Waals surface area contributed by atoms with Crippen LogP contribution in [0.25, 0.3) is 21.9 Å². The van der Waals surface area contributed by atoms with Crippen LogP contribution in [0.4, 0.5) is 0 Å². The lowest BCUT2D eigenvalue weighted by molar-refractivity contribution is -0.139. The van der Waals surface area contributed by atoms with Crippen LogP contribution in [0.15, 0.2) is 45.7 Å². The topological polar surface area (TPSA) is 99.1 Å². The normalized spacial score (nSPS) is 13.6. The molecule has 1 aliphatic carbocycles. The van der Waals surface area contributed by atoms with E-state index in [0.717, 1.165) is 27.9 Å². The molecular formula is C23H21BrN4O4. The van der Waals surface area contributed by atoms with Gasteiger partial charge in [-0.3, -0.25) is 14.3 Å². The number of hydrogen-bond acceptors (Lipinski definition) is 6. The Morgan fingerprint density at radius 2 is 2.09 bits per heavy atom. The maximum absolute atomic E-state index is 12.8. The second-order valence-electron chi connectivity index (χ2n) is 7.94. The number of carbonyl (C=O) groups is 1. The highest BCUT2D eigenvalue weighted by Crippen LogP contribution is 2.33. The number of fused-ring (bicyclic) bond motifs is 2. The largest absolute Gasteiger partial charge is 0.492 e. The number of esters is 1. The third kappa shape index (κ3) is 4.12. The molecule has 2 aromatic carbocycles. The smallest absolute Gasteiger partial charge is 0.311 e. The van der Waals surface area contributed by atoms with Crippen molar-refractivity contribution in [3.8, 4) is 5.75 Å². The van der Waals surface area contributed by atoms with Crippen LogP contribution >= 0.6 is 15.9 Å². The summed E-state index contributed by atoms with van der Waals surface area (Å²) in [7, 11) is 1.29. The predicted octanol–water partition coefficient (Wildman–Crippen LogP) is 3.59. The number of carbonyl (C=O) groups excluding carboxylic acids is 1. The summed E-state index contributed by atoms with van der Waals surface area (Å²) in [6, 6.07) is 11.1. The zero-order chi connectivity index (χ0) is 22.2. The molecule has 0 unspecified atom stereocenters. The van der Waals surface area contributed by atoms with Gasteiger partial charge in [0.2, 0.25) is 5.43 Å². The van der Waals surface area contributed by atoms with E-state index in [1.807, 2.05) is 24.3 Å². The first-order valence-corrected chi connectivity index (χ1v) is 11.2. The van der Waals surface area contributed by atoms with E-state index in [2.05, 4.69) is 26.0 Å². The van der Waals surface area contributed by atoms with Crippen molar-refractivity contribution < 1.29 is 14.3 Å². The highest BCUT2D eigenvalue weighted by molar-refractivity contribution is 9.10. The van der Waals surface area contributed by atoms with Crippen LogP contribution in [-0.2, 0) is 22.5 Å². The number of aromatic amines is 1. The summed E-state index contributed by atoms with van der Waals surface area (Å²) in [5.74, 6) is 1.60. The molecule has 2 aromatic heterocycles. The molecule has 1 fully saturated rings. The van der Waals surface area contributed by atoms with Crippen molar-refractivity contribution in [3.63, 3.8) is 0 Å². The van der Waals surface area contributed by atoms with Crippen molar-refractivity contribution in [3.05, 3.63) is 62.6 Å². The van der Waals surface area contributed by atoms with E-state index in [4.69, 9.17) is 14.5 Å². The van der Waals surface area contributed by atoms with E-state index >= 15 is 0 Å². The molecule has 32 heavy (non-hydrogen) atoms. The summed E-state index contributed by atoms with van der Waals surface area (Å²) in [4.78, 5) is 32.6. The van der Waals surface area contributed by atoms with E-state index in [9.17, 15) is 9.59 Å². The number of aromatic nitrogens is 4. The van der Waals surface area contributed by atoms with Crippen molar-refractivity contribution in [2.24, 2.45) is 5.92 Å². The Morgan fingerprint density at radius 3 is 2.88 bits per heavy atom. The van der Waals surface area contributed by atoms with Crippen molar-refractivity contribution in [2.45, 2.75) is 25.8 Å². The minimum absolute atomic E-state index is 0.144. The second kappa shape index (κ2) is 8.38. The average molecular weight is 497 g/mol. The minimum atomic E-state index is -0.510. The highest BCUT2D eigenvalue weighted by Gasteiger charge is 2.22. The lowest BCUT2D eigenvalue weighted by atomic mass is 10.1. The summed E-state index contributed by atoms with van der Waals surface area (Å²) in [5, 5.41) is 4.95. The summed E-state index contributed by atoms with van der Waals surface area (Å²) in [5.41, 5.74) is 2.19. The van der Waals surface area contributed by atoms with E-state index in [0.29, 0.717) is 29.2 Å². The van der Waals surface area contributed by atoms with Gasteiger partial charge in [-0.1, -0.05) is 12.1 Å². The Kier molecular flexibility index (Phi) is 5.42. The van der Waals surface area contributed by atoms with Crippen LogP contribution in [0.3, 0.4) is 0 Å². The molecule has 1 saturated carbocycles. The molecule has 1 aliphatic rings. The van der Waals surface area contributed by atoms with Crippen molar-refractivity contribution in [2.75, 3.05) is 13.7 Å². The number of para-hydroxylation sites is 1. The van der Waals surface area contributed by atoms with Gasteiger partial charge in [0.25, 0.3) is 0 Å². The predicted molar refractivity (Wildman–Crippen MR) is 123 cm³/mol. The van der Waals surface area contributed by atoms with Crippen molar-refractivity contribution >= 4 is 43.8 Å². The summed E-state index contributed by atoms with van der Waals surface area (Å²) >= 11 is 3.57. The number of imidazole rings is 1. The van der Waals surface area contributed by atoms with Gasteiger partial charge in [0.05, 0.1) is 47.7 Å². The number of nitrogens with one attached hydrogen (secondary N) is 1. The molecule has 164 valence electrons. The molecule has 2 heterocycles. The SMILES string of the molecule is COC(=O)Cc1nn(Cc2nc3cc(OCC4CC4)c(Br)cc3[nH]2)c2ccccc2c1=O. The molecular weight excluding hydrogens is 476 g/mol. The number of ether oxygens (including phenoxy) is 2. The maximum atomic E-state index is 12.8. The number of rotatable bonds is 7. The Balaban J connectivity index is 1.51. The van der Waals surface area contributed by atoms with Crippen LogP contribution in [0.5, 0.6) is 5.75 Å². The van der Waals surface area contributed by atoms with E-state index in [1.165, 1.54) is 20.0 Å². The van der Waals surface area contributed by atoms with Crippen LogP contribution in [0.1, 0.15) is 24.4 Å². The fourth-order valence-electron chi connectivity index (χ4n) is 3.62. The van der Waals surface area contributed by atoms with Gasteiger partial charge in [-0.25, -0.2) is 4.98 Å². The lowest BCUT2D eigenvalue weighted by Crippen LogP contribution is -2.23. The molecule has 0 spiro atoms. The third-order valence-corrected chi connectivity index (χ3v) is 6.15. The number of halogens is 1. The standard InChI is InChI=1S/C23H21BrN4O4/c1-31-22(29)10-18-23(30)14-4-2-3-5-19(14)28(27-18)11-21-25-16-8-15(24)20(9-17(16)26-21)32-12-13-6-7-13/h2-5,8-9,13H,6-7,10-12H2,1H3,(H,25,26). The molecule has 0 aliphatic heterocycles. The molecule has 4 aromatic rings. The summed E-state index contributed by atoms with van der Waals surface area (Å²) < 4.78 is 13.2. The Bertz CT molecular complexity index is 1390. The van der Waals surface area contributed by atoms with E-state index in [1.54, 1.807) is 16.8 Å². The molecule has 0 saturated heterocycles. The van der Waals surface area contributed by atoms with Gasteiger partial charge in [0, 0.05) is 11.5 Å². The average Bonchev–Trinajstić information content (AvgIpc) is 3.54. The third-order valence-electron chi connectivity index (χ3n) is 5.53. The van der Waals surface area contributed by atoms with Crippen LogP contribution in [0.2, 0.25) is 0 Å². The van der Waals surface area contributed by atoms with Gasteiger partial charge in [0.15, 0.2) is 0 Å². The maximum Gasteiger partial charge on any atom is 0.311 e. The number of benzene rings is 2. The first-order valence-electron chi connectivity index (χ1n) is 10.4. The molecule has 8 nitrogen and oxygen atoms in total. The number of methoxy groups -OCH3 is 1. The highest BCUT2D eigenvalue weighted by atomic mass is 79.9. The molecule has 0 bridgehead atoms. The molecule has 1 N–H and O–H groups in total. The van der Waals surface area contributed by atoms with Gasteiger partial charge in [-0.15, -0.1) is 0 Å². The number of nitrogens with zero attached hydrogens (tertiary/aromatic N) is 3. The lowest BCUT2D eigenvalue weighted by Gasteiger charge is -2.10. The summed E-state index contributed by atoms with van der Waals surface area (Å²) in [6.45, 7) is 1.02. The quantitative estimate of drug-likeness (QED) is 0.392. The molecule has 9 heteroatoms. The van der Waals surface area contributed by atoms with Gasteiger partial charge in [-0.2, -0.15) is 5.10 Å². The van der Waals surface area contributed by atoms with Gasteiger partial charge < -0.3 is 14.5 Å². The van der Waals surface area contributed by atoms with Crippen LogP contribution < -0.4 is 10.2 Å². The summed E-state index contributed by atoms with van der Waals surface area (Å²) in [6.07, 6.45) is 2.27. The number of H-pyrrole nitrogens is 1. The monoisotopic (exact) mass is 496 g/mol. The van der Waals surface area contributed by atoms with Gasteiger partial charge in [-0.05, 0) is 52.9 Å². The van der Waals surface area contributed by atoms with Crippen LogP contribution in [-0.4, -0.2) is 39.4 Å². The fourth-order valence-corrected chi connectivity index (χ4v) is 4.08. The van der Waals surface area contributed by atoms with E-state index < -0.39 is 5.97 Å². The van der Waals surface area contributed by atoms with Gasteiger partial charge >= 0.3 is 5.97 Å². The fraction of sp³-hybridized carbons (Fsp3) is 0.304. The van der Waals surface area contributed by atoms with Crippen LogP contribution in [0, 0.1) is 5.92 Å². The first kappa shape index (κ1) is 20.7. The molecule has 0 radical (unpaired) electrons. The number of hydrogen-bond donors (Lipinski definition) is 1. The van der Waals surface area contributed by atoms with Crippen molar-refractivity contribution in [1.29, 1.82) is 0 Å². The molecule has 5 rings (SSSR count). The molecule has 0 amide bonds. The molecule has 0 atom stereocenters. The first-order chi connectivity index (χ1) is 15.5. The minimum Gasteiger partial charge on any atom is -0.492 e. The van der Waals surface area contributed by atoms with E-state index in [-0.39, 0.29) is 17.5 Å². The van der Waals surface area contributed by atoms with Gasteiger partial charge in [0.1, 0.15) is 17.3 Å². The Morgan fingerprint density at radius 1 is 1.28 bits per heavy atom.